The Morgan fingerprint density at radius 3 is 2.69 bits per heavy atom. The Morgan fingerprint density at radius 2 is 2.12 bits per heavy atom. The van der Waals surface area contributed by atoms with Gasteiger partial charge in [0.2, 0.25) is 5.88 Å². The fourth-order valence-corrected chi connectivity index (χ4v) is 1.23. The molecule has 0 aliphatic carbocycles. The molecule has 0 amide bonds. The van der Waals surface area contributed by atoms with Gasteiger partial charge in [-0.25, -0.2) is 4.98 Å². The number of ether oxygens (including phenoxy) is 1. The molecule has 0 fully saturated rings. The second kappa shape index (κ2) is 4.72. The van der Waals surface area contributed by atoms with Gasteiger partial charge in [-0.1, -0.05) is 0 Å². The predicted molar refractivity (Wildman–Crippen MR) is 59.2 cm³/mol. The molecule has 16 heavy (non-hydrogen) atoms. The van der Waals surface area contributed by atoms with Crippen LogP contribution in [0.4, 0.5) is 0 Å². The zero-order chi connectivity index (χ0) is 11.4. The maximum atomic E-state index is 9.31. The first-order valence-corrected chi connectivity index (χ1v) is 4.97. The van der Waals surface area contributed by atoms with Gasteiger partial charge in [0.25, 0.3) is 0 Å². The maximum Gasteiger partial charge on any atom is 0.219 e. The van der Waals surface area contributed by atoms with E-state index in [0.717, 1.165) is 5.56 Å². The number of rotatable bonds is 3. The van der Waals surface area contributed by atoms with Crippen LogP contribution in [0.2, 0.25) is 0 Å². The smallest absolute Gasteiger partial charge is 0.219 e. The van der Waals surface area contributed by atoms with Gasteiger partial charge in [0.15, 0.2) is 0 Å². The Kier molecular flexibility index (Phi) is 3.12. The number of hydrogen-bond acceptors (Lipinski definition) is 4. The molecule has 82 valence electrons. The minimum absolute atomic E-state index is 0.484. The SMILES string of the molecule is C[C@H](O)c1ccc(Oc2cccnc2)nc1. The highest BCUT2D eigenvalue weighted by Gasteiger charge is 2.02. The van der Waals surface area contributed by atoms with Gasteiger partial charge in [-0.2, -0.15) is 0 Å². The fraction of sp³-hybridized carbons (Fsp3) is 0.167. The molecular weight excluding hydrogens is 204 g/mol. The van der Waals surface area contributed by atoms with E-state index in [4.69, 9.17) is 4.74 Å². The van der Waals surface area contributed by atoms with Crippen LogP contribution in [0, 0.1) is 0 Å². The van der Waals surface area contributed by atoms with E-state index in [2.05, 4.69) is 9.97 Å². The van der Waals surface area contributed by atoms with Crippen molar-refractivity contribution < 1.29 is 9.84 Å². The first-order valence-electron chi connectivity index (χ1n) is 4.97. The molecule has 0 unspecified atom stereocenters. The molecule has 2 aromatic rings. The number of aliphatic hydroxyl groups is 1. The van der Waals surface area contributed by atoms with E-state index >= 15 is 0 Å². The highest BCUT2D eigenvalue weighted by molar-refractivity contribution is 5.25. The van der Waals surface area contributed by atoms with Crippen molar-refractivity contribution in [2.75, 3.05) is 0 Å². The molecule has 0 aliphatic heterocycles. The molecule has 2 heterocycles. The molecule has 1 N–H and O–H groups in total. The normalized spacial score (nSPS) is 12.1. The third kappa shape index (κ3) is 2.55. The van der Waals surface area contributed by atoms with Crippen molar-refractivity contribution in [2.24, 2.45) is 0 Å². The van der Waals surface area contributed by atoms with Crippen molar-refractivity contribution >= 4 is 0 Å². The van der Waals surface area contributed by atoms with Crippen LogP contribution in [0.1, 0.15) is 18.6 Å². The van der Waals surface area contributed by atoms with Crippen LogP contribution in [0.25, 0.3) is 0 Å². The summed E-state index contributed by atoms with van der Waals surface area (Å²) in [5, 5.41) is 9.31. The summed E-state index contributed by atoms with van der Waals surface area (Å²) in [5.74, 6) is 1.12. The lowest BCUT2D eigenvalue weighted by Gasteiger charge is -2.06. The van der Waals surface area contributed by atoms with E-state index < -0.39 is 6.10 Å². The quantitative estimate of drug-likeness (QED) is 0.855. The topological polar surface area (TPSA) is 55.2 Å². The van der Waals surface area contributed by atoms with Gasteiger partial charge in [-0.3, -0.25) is 4.98 Å². The molecule has 0 aliphatic rings. The van der Waals surface area contributed by atoms with Gasteiger partial charge in [-0.15, -0.1) is 0 Å². The minimum atomic E-state index is -0.514. The van der Waals surface area contributed by atoms with Gasteiger partial charge in [0.1, 0.15) is 5.75 Å². The van der Waals surface area contributed by atoms with Crippen molar-refractivity contribution in [3.63, 3.8) is 0 Å². The van der Waals surface area contributed by atoms with Crippen molar-refractivity contribution in [1.29, 1.82) is 0 Å². The van der Waals surface area contributed by atoms with Crippen molar-refractivity contribution in [3.8, 4) is 11.6 Å². The molecule has 4 nitrogen and oxygen atoms in total. The third-order valence-electron chi connectivity index (χ3n) is 2.10. The molecule has 0 saturated carbocycles. The summed E-state index contributed by atoms with van der Waals surface area (Å²) < 4.78 is 5.46. The third-order valence-corrected chi connectivity index (χ3v) is 2.10. The summed E-state index contributed by atoms with van der Waals surface area (Å²) in [4.78, 5) is 8.02. The molecular formula is C12H12N2O2. The first-order chi connectivity index (χ1) is 7.75. The largest absolute Gasteiger partial charge is 0.437 e. The predicted octanol–water partition coefficient (Wildman–Crippen LogP) is 2.32. The number of aliphatic hydroxyl groups excluding tert-OH is 1. The number of pyridine rings is 2. The standard InChI is InChI=1S/C12H12N2O2/c1-9(15)10-4-5-12(14-7-10)16-11-3-2-6-13-8-11/h2-9,15H,1H3/t9-/m0/s1. The van der Waals surface area contributed by atoms with Gasteiger partial charge in [-0.05, 0) is 30.7 Å². The lowest BCUT2D eigenvalue weighted by Crippen LogP contribution is -1.93. The van der Waals surface area contributed by atoms with E-state index in [9.17, 15) is 5.11 Å². The Balaban J connectivity index is 2.11. The van der Waals surface area contributed by atoms with Gasteiger partial charge in [0, 0.05) is 18.5 Å². The number of aromatic nitrogens is 2. The van der Waals surface area contributed by atoms with Gasteiger partial charge >= 0.3 is 0 Å². The average Bonchev–Trinajstić information content (AvgIpc) is 2.31. The molecule has 1 atom stereocenters. The molecule has 0 saturated heterocycles. The summed E-state index contributed by atoms with van der Waals surface area (Å²) in [6, 6.07) is 7.09. The second-order valence-corrected chi connectivity index (χ2v) is 3.40. The lowest BCUT2D eigenvalue weighted by molar-refractivity contribution is 0.198. The highest BCUT2D eigenvalue weighted by atomic mass is 16.5. The Hall–Kier alpha value is -1.94. The summed E-state index contributed by atoms with van der Waals surface area (Å²) in [6.45, 7) is 1.69. The number of hydrogen-bond donors (Lipinski definition) is 1. The zero-order valence-corrected chi connectivity index (χ0v) is 8.87. The number of nitrogens with zero attached hydrogens (tertiary/aromatic N) is 2. The van der Waals surface area contributed by atoms with Gasteiger partial charge < -0.3 is 9.84 Å². The molecule has 4 heteroatoms. The van der Waals surface area contributed by atoms with Gasteiger partial charge in [0.05, 0.1) is 12.3 Å². The van der Waals surface area contributed by atoms with Crippen LogP contribution in [-0.2, 0) is 0 Å². The van der Waals surface area contributed by atoms with Crippen LogP contribution in [-0.4, -0.2) is 15.1 Å². The summed E-state index contributed by atoms with van der Waals surface area (Å²) in [6.07, 6.45) is 4.37. The second-order valence-electron chi connectivity index (χ2n) is 3.40. The van der Waals surface area contributed by atoms with Crippen molar-refractivity contribution in [2.45, 2.75) is 13.0 Å². The van der Waals surface area contributed by atoms with Crippen molar-refractivity contribution in [3.05, 3.63) is 48.4 Å². The van der Waals surface area contributed by atoms with E-state index in [1.165, 1.54) is 0 Å². The molecule has 0 spiro atoms. The van der Waals surface area contributed by atoms with E-state index in [1.54, 1.807) is 49.8 Å². The Morgan fingerprint density at radius 1 is 1.25 bits per heavy atom. The first kappa shape index (κ1) is 10.6. The summed E-state index contributed by atoms with van der Waals surface area (Å²) in [5.41, 5.74) is 0.763. The van der Waals surface area contributed by atoms with E-state index in [1.807, 2.05) is 0 Å². The minimum Gasteiger partial charge on any atom is -0.437 e. The van der Waals surface area contributed by atoms with Crippen LogP contribution in [0.15, 0.2) is 42.9 Å². The molecule has 0 radical (unpaired) electrons. The maximum absolute atomic E-state index is 9.31. The Bertz CT molecular complexity index is 440. The van der Waals surface area contributed by atoms with Crippen LogP contribution in [0.5, 0.6) is 11.6 Å². The molecule has 2 rings (SSSR count). The average molecular weight is 216 g/mol. The van der Waals surface area contributed by atoms with Crippen LogP contribution in [0.3, 0.4) is 0 Å². The monoisotopic (exact) mass is 216 g/mol. The molecule has 2 aromatic heterocycles. The van der Waals surface area contributed by atoms with Crippen LogP contribution >= 0.6 is 0 Å². The Labute approximate surface area is 93.6 Å². The van der Waals surface area contributed by atoms with E-state index in [0.29, 0.717) is 11.6 Å². The van der Waals surface area contributed by atoms with Crippen molar-refractivity contribution in [1.82, 2.24) is 9.97 Å². The summed E-state index contributed by atoms with van der Waals surface area (Å²) >= 11 is 0. The molecule has 0 bridgehead atoms. The zero-order valence-electron chi connectivity index (χ0n) is 8.87. The van der Waals surface area contributed by atoms with Crippen LogP contribution < -0.4 is 4.74 Å². The lowest BCUT2D eigenvalue weighted by atomic mass is 10.2. The fourth-order valence-electron chi connectivity index (χ4n) is 1.23. The van der Waals surface area contributed by atoms with E-state index in [-0.39, 0.29) is 0 Å². The molecule has 0 aromatic carbocycles. The summed E-state index contributed by atoms with van der Waals surface area (Å²) in [7, 11) is 0. The highest BCUT2D eigenvalue weighted by Crippen LogP contribution is 2.19.